The van der Waals surface area contributed by atoms with Crippen LogP contribution in [-0.4, -0.2) is 5.11 Å². The summed E-state index contributed by atoms with van der Waals surface area (Å²) >= 11 is 0. The van der Waals surface area contributed by atoms with E-state index >= 15 is 0 Å². The Morgan fingerprint density at radius 1 is 0.933 bits per heavy atom. The summed E-state index contributed by atoms with van der Waals surface area (Å²) in [4.78, 5) is 0. The highest BCUT2D eigenvalue weighted by Gasteiger charge is 2.37. The van der Waals surface area contributed by atoms with E-state index in [1.54, 1.807) is 0 Å². The molecule has 1 aliphatic rings. The lowest BCUT2D eigenvalue weighted by atomic mass is 9.74. The third-order valence-electron chi connectivity index (χ3n) is 3.47. The molecule has 0 amide bonds. The number of rotatable bonds is 1. The van der Waals surface area contributed by atoms with Crippen LogP contribution in [-0.2, 0) is 5.60 Å². The van der Waals surface area contributed by atoms with Gasteiger partial charge in [0.25, 0.3) is 0 Å². The van der Waals surface area contributed by atoms with Crippen LogP contribution in [0.3, 0.4) is 0 Å². The molecule has 0 bridgehead atoms. The molecule has 0 aromatic heterocycles. The van der Waals surface area contributed by atoms with Crippen molar-refractivity contribution >= 4 is 10.8 Å². The highest BCUT2D eigenvalue weighted by Crippen LogP contribution is 2.43. The van der Waals surface area contributed by atoms with Crippen molar-refractivity contribution in [3.63, 3.8) is 0 Å². The molecule has 2 aromatic rings. The summed E-state index contributed by atoms with van der Waals surface area (Å²) in [6.07, 6.45) is 2.95. The normalized spacial score (nSPS) is 18.7. The fourth-order valence-electron chi connectivity index (χ4n) is 2.41. The highest BCUT2D eigenvalue weighted by molar-refractivity contribution is 5.86. The molecule has 3 rings (SSSR count). The van der Waals surface area contributed by atoms with Gasteiger partial charge >= 0.3 is 0 Å². The van der Waals surface area contributed by atoms with Crippen LogP contribution in [0.1, 0.15) is 24.8 Å². The highest BCUT2D eigenvalue weighted by atomic mass is 16.3. The van der Waals surface area contributed by atoms with E-state index < -0.39 is 5.60 Å². The van der Waals surface area contributed by atoms with Crippen molar-refractivity contribution in [3.05, 3.63) is 48.0 Å². The van der Waals surface area contributed by atoms with E-state index in [1.165, 1.54) is 10.8 Å². The molecule has 76 valence electrons. The molecule has 0 radical (unpaired) electrons. The lowest BCUT2D eigenvalue weighted by Crippen LogP contribution is -2.33. The number of benzene rings is 2. The van der Waals surface area contributed by atoms with E-state index in [9.17, 15) is 5.11 Å². The molecule has 0 atom stereocenters. The first kappa shape index (κ1) is 8.93. The minimum Gasteiger partial charge on any atom is -0.385 e. The number of fused-ring (bicyclic) bond motifs is 1. The van der Waals surface area contributed by atoms with Crippen molar-refractivity contribution in [3.8, 4) is 0 Å². The van der Waals surface area contributed by atoms with Gasteiger partial charge in [-0.3, -0.25) is 0 Å². The largest absolute Gasteiger partial charge is 0.385 e. The second kappa shape index (κ2) is 3.07. The molecule has 0 spiro atoms. The van der Waals surface area contributed by atoms with Gasteiger partial charge in [-0.15, -0.1) is 0 Å². The van der Waals surface area contributed by atoms with E-state index in [0.29, 0.717) is 0 Å². The Labute approximate surface area is 89.4 Å². The topological polar surface area (TPSA) is 20.2 Å². The zero-order chi connectivity index (χ0) is 10.3. The lowest BCUT2D eigenvalue weighted by Gasteiger charge is -2.37. The van der Waals surface area contributed by atoms with Gasteiger partial charge in [0.05, 0.1) is 5.60 Å². The van der Waals surface area contributed by atoms with Crippen LogP contribution in [0.5, 0.6) is 0 Å². The Morgan fingerprint density at radius 2 is 1.67 bits per heavy atom. The first-order valence-electron chi connectivity index (χ1n) is 5.50. The fourth-order valence-corrected chi connectivity index (χ4v) is 2.41. The molecule has 1 saturated carbocycles. The smallest absolute Gasteiger partial charge is 0.0902 e. The van der Waals surface area contributed by atoms with E-state index in [-0.39, 0.29) is 0 Å². The van der Waals surface area contributed by atoms with E-state index in [0.717, 1.165) is 24.8 Å². The number of aliphatic hydroxyl groups is 1. The molecule has 0 unspecified atom stereocenters. The Morgan fingerprint density at radius 3 is 2.40 bits per heavy atom. The fraction of sp³-hybridized carbons (Fsp3) is 0.286. The molecule has 1 fully saturated rings. The van der Waals surface area contributed by atoms with Crippen molar-refractivity contribution in [2.75, 3.05) is 0 Å². The van der Waals surface area contributed by atoms with Crippen LogP contribution in [0, 0.1) is 0 Å². The number of hydrogen-bond donors (Lipinski definition) is 1. The molecular weight excluding hydrogens is 184 g/mol. The summed E-state index contributed by atoms with van der Waals surface area (Å²) < 4.78 is 0. The molecule has 2 aromatic carbocycles. The third kappa shape index (κ3) is 1.27. The van der Waals surface area contributed by atoms with Crippen LogP contribution < -0.4 is 0 Å². The third-order valence-corrected chi connectivity index (χ3v) is 3.47. The maximum atomic E-state index is 10.4. The monoisotopic (exact) mass is 198 g/mol. The minimum absolute atomic E-state index is 0.555. The van der Waals surface area contributed by atoms with Crippen LogP contribution in [0.4, 0.5) is 0 Å². The maximum absolute atomic E-state index is 10.4. The zero-order valence-electron chi connectivity index (χ0n) is 8.61. The van der Waals surface area contributed by atoms with Crippen LogP contribution in [0.25, 0.3) is 10.8 Å². The van der Waals surface area contributed by atoms with Crippen molar-refractivity contribution < 1.29 is 5.11 Å². The molecular formula is C14H14O. The zero-order valence-corrected chi connectivity index (χ0v) is 8.61. The summed E-state index contributed by atoms with van der Waals surface area (Å²) in [6, 6.07) is 14.5. The van der Waals surface area contributed by atoms with Gasteiger partial charge in [0.15, 0.2) is 0 Å². The summed E-state index contributed by atoms with van der Waals surface area (Å²) in [7, 11) is 0. The molecule has 1 nitrogen and oxygen atoms in total. The molecule has 0 aliphatic heterocycles. The standard InChI is InChI=1S/C14H14O/c15-14(9-4-10-14)13-8-3-6-11-5-1-2-7-12(11)13/h1-3,5-8,15H,4,9-10H2. The van der Waals surface area contributed by atoms with Crippen molar-refractivity contribution in [2.45, 2.75) is 24.9 Å². The second-order valence-electron chi connectivity index (χ2n) is 4.41. The summed E-state index contributed by atoms with van der Waals surface area (Å²) in [5, 5.41) is 12.8. The second-order valence-corrected chi connectivity index (χ2v) is 4.41. The van der Waals surface area contributed by atoms with Gasteiger partial charge in [-0.05, 0) is 35.6 Å². The Hall–Kier alpha value is -1.34. The van der Waals surface area contributed by atoms with E-state index in [1.807, 2.05) is 18.2 Å². The molecule has 1 N–H and O–H groups in total. The molecule has 1 aliphatic carbocycles. The Kier molecular flexibility index (Phi) is 1.83. The van der Waals surface area contributed by atoms with Crippen LogP contribution >= 0.6 is 0 Å². The Balaban J connectivity index is 2.26. The predicted molar refractivity (Wildman–Crippen MR) is 61.7 cm³/mol. The quantitative estimate of drug-likeness (QED) is 0.746. The van der Waals surface area contributed by atoms with Crippen molar-refractivity contribution in [2.24, 2.45) is 0 Å². The van der Waals surface area contributed by atoms with Gasteiger partial charge < -0.3 is 5.11 Å². The van der Waals surface area contributed by atoms with Gasteiger partial charge in [0, 0.05) is 0 Å². The van der Waals surface area contributed by atoms with E-state index in [4.69, 9.17) is 0 Å². The minimum atomic E-state index is -0.555. The van der Waals surface area contributed by atoms with Gasteiger partial charge in [0.2, 0.25) is 0 Å². The van der Waals surface area contributed by atoms with Crippen LogP contribution in [0.15, 0.2) is 42.5 Å². The molecule has 0 saturated heterocycles. The van der Waals surface area contributed by atoms with E-state index in [2.05, 4.69) is 24.3 Å². The first-order chi connectivity index (χ1) is 7.30. The van der Waals surface area contributed by atoms with Gasteiger partial charge in [-0.2, -0.15) is 0 Å². The van der Waals surface area contributed by atoms with Crippen molar-refractivity contribution in [1.82, 2.24) is 0 Å². The maximum Gasteiger partial charge on any atom is 0.0902 e. The summed E-state index contributed by atoms with van der Waals surface area (Å²) in [5.41, 5.74) is 0.549. The molecule has 1 heteroatoms. The number of hydrogen-bond acceptors (Lipinski definition) is 1. The predicted octanol–water partition coefficient (Wildman–Crippen LogP) is 3.21. The van der Waals surface area contributed by atoms with Gasteiger partial charge in [-0.1, -0.05) is 42.5 Å². The average molecular weight is 198 g/mol. The molecule has 0 heterocycles. The van der Waals surface area contributed by atoms with Crippen LogP contribution in [0.2, 0.25) is 0 Å². The van der Waals surface area contributed by atoms with Gasteiger partial charge in [0.1, 0.15) is 0 Å². The average Bonchev–Trinajstić information content (AvgIpc) is 2.25. The van der Waals surface area contributed by atoms with Crippen molar-refractivity contribution in [1.29, 1.82) is 0 Å². The summed E-state index contributed by atoms with van der Waals surface area (Å²) in [5.74, 6) is 0. The first-order valence-corrected chi connectivity index (χ1v) is 5.50. The lowest BCUT2D eigenvalue weighted by molar-refractivity contribution is -0.0374. The summed E-state index contributed by atoms with van der Waals surface area (Å²) in [6.45, 7) is 0. The molecule has 15 heavy (non-hydrogen) atoms. The SMILES string of the molecule is OC1(c2cccc3ccccc23)CCC1. The Bertz CT molecular complexity index is 492. The van der Waals surface area contributed by atoms with Gasteiger partial charge in [-0.25, -0.2) is 0 Å².